The van der Waals surface area contributed by atoms with Crippen molar-refractivity contribution in [3.05, 3.63) is 35.4 Å². The number of benzene rings is 1. The minimum Gasteiger partial charge on any atom is -0.378 e. The molecular weight excluding hydrogens is 290 g/mol. The van der Waals surface area contributed by atoms with Crippen molar-refractivity contribution in [2.45, 2.75) is 38.3 Å². The van der Waals surface area contributed by atoms with Gasteiger partial charge in [0.25, 0.3) is 0 Å². The third-order valence-electron chi connectivity index (χ3n) is 4.37. The summed E-state index contributed by atoms with van der Waals surface area (Å²) in [6.07, 6.45) is 1.52. The molecule has 1 aliphatic rings. The lowest BCUT2D eigenvalue weighted by molar-refractivity contribution is -0.0354. The summed E-state index contributed by atoms with van der Waals surface area (Å²) in [7, 11) is 1.68. The average molecular weight is 312 g/mol. The van der Waals surface area contributed by atoms with Crippen LogP contribution in [-0.4, -0.2) is 36.7 Å². The lowest BCUT2D eigenvalue weighted by Gasteiger charge is -2.38. The SMILES string of the molecule is COC1(C)CCN(C(=O)N[C@H](C)c2ccc(F)cc2F)CC1. The van der Waals surface area contributed by atoms with Gasteiger partial charge in [0.1, 0.15) is 11.6 Å². The number of carbonyl (C=O) groups excluding carboxylic acids is 1. The molecule has 0 aliphatic carbocycles. The summed E-state index contributed by atoms with van der Waals surface area (Å²) in [6, 6.07) is 2.60. The van der Waals surface area contributed by atoms with Crippen LogP contribution < -0.4 is 5.32 Å². The average Bonchev–Trinajstić information content (AvgIpc) is 2.47. The number of likely N-dealkylation sites (tertiary alicyclic amines) is 1. The zero-order valence-electron chi connectivity index (χ0n) is 13.2. The minimum atomic E-state index is -0.654. The Labute approximate surface area is 129 Å². The first-order chi connectivity index (χ1) is 10.3. The Balaban J connectivity index is 1.94. The summed E-state index contributed by atoms with van der Waals surface area (Å²) in [4.78, 5) is 13.9. The fourth-order valence-corrected chi connectivity index (χ4v) is 2.59. The predicted molar refractivity (Wildman–Crippen MR) is 79.5 cm³/mol. The third-order valence-corrected chi connectivity index (χ3v) is 4.37. The maximum Gasteiger partial charge on any atom is 0.317 e. The molecule has 1 heterocycles. The predicted octanol–water partition coefficient (Wildman–Crippen LogP) is 3.24. The monoisotopic (exact) mass is 312 g/mol. The molecule has 0 radical (unpaired) electrons. The van der Waals surface area contributed by atoms with E-state index >= 15 is 0 Å². The van der Waals surface area contributed by atoms with Gasteiger partial charge in [0.2, 0.25) is 0 Å². The van der Waals surface area contributed by atoms with Crippen LogP contribution in [0.4, 0.5) is 13.6 Å². The van der Waals surface area contributed by atoms with Gasteiger partial charge >= 0.3 is 6.03 Å². The van der Waals surface area contributed by atoms with Crippen LogP contribution >= 0.6 is 0 Å². The number of rotatable bonds is 3. The van der Waals surface area contributed by atoms with Gasteiger partial charge in [-0.05, 0) is 32.8 Å². The second-order valence-electron chi connectivity index (χ2n) is 5.98. The van der Waals surface area contributed by atoms with Crippen LogP contribution in [0.1, 0.15) is 38.3 Å². The number of halogens is 2. The fourth-order valence-electron chi connectivity index (χ4n) is 2.59. The van der Waals surface area contributed by atoms with E-state index in [1.54, 1.807) is 18.9 Å². The number of ether oxygens (including phenoxy) is 1. The number of hydrogen-bond acceptors (Lipinski definition) is 2. The summed E-state index contributed by atoms with van der Waals surface area (Å²) < 4.78 is 32.1. The lowest BCUT2D eigenvalue weighted by Crippen LogP contribution is -2.49. The molecule has 0 aromatic heterocycles. The van der Waals surface area contributed by atoms with E-state index in [4.69, 9.17) is 4.74 Å². The van der Waals surface area contributed by atoms with E-state index in [0.29, 0.717) is 13.1 Å². The van der Waals surface area contributed by atoms with Gasteiger partial charge < -0.3 is 15.0 Å². The molecule has 0 saturated carbocycles. The number of piperidine rings is 1. The lowest BCUT2D eigenvalue weighted by atomic mass is 9.93. The Morgan fingerprint density at radius 2 is 2.00 bits per heavy atom. The van der Waals surface area contributed by atoms with Crippen molar-refractivity contribution in [1.82, 2.24) is 10.2 Å². The number of urea groups is 1. The molecule has 4 nitrogen and oxygen atoms in total. The molecule has 122 valence electrons. The molecule has 22 heavy (non-hydrogen) atoms. The highest BCUT2D eigenvalue weighted by molar-refractivity contribution is 5.74. The molecule has 2 amide bonds. The number of methoxy groups -OCH3 is 1. The van der Waals surface area contributed by atoms with Gasteiger partial charge in [0.05, 0.1) is 11.6 Å². The van der Waals surface area contributed by atoms with Crippen LogP contribution in [0.15, 0.2) is 18.2 Å². The second-order valence-corrected chi connectivity index (χ2v) is 5.98. The van der Waals surface area contributed by atoms with Crippen molar-refractivity contribution in [1.29, 1.82) is 0 Å². The molecule has 1 saturated heterocycles. The van der Waals surface area contributed by atoms with Crippen molar-refractivity contribution in [3.8, 4) is 0 Å². The van der Waals surface area contributed by atoms with Gasteiger partial charge in [-0.3, -0.25) is 0 Å². The maximum absolute atomic E-state index is 13.7. The van der Waals surface area contributed by atoms with E-state index < -0.39 is 17.7 Å². The summed E-state index contributed by atoms with van der Waals surface area (Å²) >= 11 is 0. The Morgan fingerprint density at radius 3 is 2.55 bits per heavy atom. The summed E-state index contributed by atoms with van der Waals surface area (Å²) in [5.41, 5.74) is 0.0827. The van der Waals surface area contributed by atoms with Crippen LogP contribution in [0.3, 0.4) is 0 Å². The van der Waals surface area contributed by atoms with Crippen molar-refractivity contribution in [3.63, 3.8) is 0 Å². The zero-order valence-corrected chi connectivity index (χ0v) is 13.2. The van der Waals surface area contributed by atoms with Crippen LogP contribution in [-0.2, 0) is 4.74 Å². The molecule has 0 spiro atoms. The van der Waals surface area contributed by atoms with Crippen molar-refractivity contribution in [2.24, 2.45) is 0 Å². The number of nitrogens with one attached hydrogen (secondary N) is 1. The molecule has 1 N–H and O–H groups in total. The Kier molecular flexibility index (Phi) is 5.01. The van der Waals surface area contributed by atoms with Gasteiger partial charge in [-0.1, -0.05) is 6.07 Å². The van der Waals surface area contributed by atoms with Crippen LogP contribution in [0, 0.1) is 11.6 Å². The van der Waals surface area contributed by atoms with Crippen LogP contribution in [0.5, 0.6) is 0 Å². The molecule has 1 aromatic carbocycles. The van der Waals surface area contributed by atoms with E-state index in [0.717, 1.165) is 18.9 Å². The Bertz CT molecular complexity index is 543. The molecule has 1 atom stereocenters. The van der Waals surface area contributed by atoms with Crippen LogP contribution in [0.25, 0.3) is 0 Å². The van der Waals surface area contributed by atoms with E-state index in [9.17, 15) is 13.6 Å². The molecule has 1 fully saturated rings. The van der Waals surface area contributed by atoms with Gasteiger partial charge in [0.15, 0.2) is 0 Å². The molecule has 0 unspecified atom stereocenters. The third kappa shape index (κ3) is 3.74. The Hall–Kier alpha value is -1.69. The number of hydrogen-bond donors (Lipinski definition) is 1. The van der Waals surface area contributed by atoms with Gasteiger partial charge in [-0.25, -0.2) is 13.6 Å². The van der Waals surface area contributed by atoms with E-state index in [-0.39, 0.29) is 17.2 Å². The normalized spacial score (nSPS) is 18.9. The van der Waals surface area contributed by atoms with E-state index in [1.807, 2.05) is 6.92 Å². The first-order valence-electron chi connectivity index (χ1n) is 7.40. The largest absolute Gasteiger partial charge is 0.378 e. The first kappa shape index (κ1) is 16.7. The summed E-state index contributed by atoms with van der Waals surface area (Å²) in [5.74, 6) is -1.28. The summed E-state index contributed by atoms with van der Waals surface area (Å²) in [6.45, 7) is 4.89. The molecule has 6 heteroatoms. The molecule has 0 bridgehead atoms. The highest BCUT2D eigenvalue weighted by atomic mass is 19.1. The molecule has 2 rings (SSSR count). The highest BCUT2D eigenvalue weighted by Gasteiger charge is 2.32. The fraction of sp³-hybridized carbons (Fsp3) is 0.562. The number of nitrogens with zero attached hydrogens (tertiary/aromatic N) is 1. The standard InChI is InChI=1S/C16H22F2N2O2/c1-11(13-5-4-12(17)10-14(13)18)19-15(21)20-8-6-16(2,22-3)7-9-20/h4-5,10-11H,6-9H2,1-3H3,(H,19,21)/t11-/m1/s1. The van der Waals surface area contributed by atoms with Gasteiger partial charge in [-0.2, -0.15) is 0 Å². The quantitative estimate of drug-likeness (QED) is 0.931. The maximum atomic E-state index is 13.7. The second kappa shape index (κ2) is 6.60. The van der Waals surface area contributed by atoms with Crippen molar-refractivity contribution < 1.29 is 18.3 Å². The van der Waals surface area contributed by atoms with Crippen molar-refractivity contribution >= 4 is 6.03 Å². The minimum absolute atomic E-state index is 0.189. The Morgan fingerprint density at radius 1 is 1.36 bits per heavy atom. The van der Waals surface area contributed by atoms with Gasteiger partial charge in [-0.15, -0.1) is 0 Å². The smallest absolute Gasteiger partial charge is 0.317 e. The number of amides is 2. The topological polar surface area (TPSA) is 41.6 Å². The number of carbonyl (C=O) groups is 1. The van der Waals surface area contributed by atoms with Crippen LogP contribution in [0.2, 0.25) is 0 Å². The van der Waals surface area contributed by atoms with E-state index in [1.165, 1.54) is 12.1 Å². The van der Waals surface area contributed by atoms with E-state index in [2.05, 4.69) is 5.32 Å². The highest BCUT2D eigenvalue weighted by Crippen LogP contribution is 2.25. The molecular formula is C16H22F2N2O2. The van der Waals surface area contributed by atoms with Gasteiger partial charge in [0, 0.05) is 31.8 Å². The van der Waals surface area contributed by atoms with Crippen molar-refractivity contribution in [2.75, 3.05) is 20.2 Å². The molecule has 1 aliphatic heterocycles. The molecule has 1 aromatic rings. The summed E-state index contributed by atoms with van der Waals surface area (Å²) in [5, 5.41) is 2.76. The zero-order chi connectivity index (χ0) is 16.3. The first-order valence-corrected chi connectivity index (χ1v) is 7.40.